The van der Waals surface area contributed by atoms with Crippen LogP contribution in [0.2, 0.25) is 0 Å². The first-order chi connectivity index (χ1) is 10.2. The Morgan fingerprint density at radius 2 is 2.10 bits per heavy atom. The Morgan fingerprint density at radius 3 is 2.71 bits per heavy atom. The molecule has 1 aromatic heterocycles. The summed E-state index contributed by atoms with van der Waals surface area (Å²) in [5, 5.41) is 7.47. The lowest BCUT2D eigenvalue weighted by Gasteiger charge is -2.30. The van der Waals surface area contributed by atoms with Gasteiger partial charge in [0.1, 0.15) is 5.82 Å². The molecule has 1 aliphatic carbocycles. The summed E-state index contributed by atoms with van der Waals surface area (Å²) >= 11 is 8.90. The third-order valence-electron chi connectivity index (χ3n) is 4.52. The van der Waals surface area contributed by atoms with Gasteiger partial charge < -0.3 is 4.57 Å². The second kappa shape index (κ2) is 6.44. The summed E-state index contributed by atoms with van der Waals surface area (Å²) < 4.78 is 3.84. The second-order valence-electron chi connectivity index (χ2n) is 5.88. The van der Waals surface area contributed by atoms with Crippen LogP contribution in [0.4, 0.5) is 0 Å². The summed E-state index contributed by atoms with van der Waals surface area (Å²) in [6.45, 7) is 0. The molecule has 21 heavy (non-hydrogen) atoms. The molecular weight excluding hydrogens is 346 g/mol. The molecule has 0 amide bonds. The molecule has 0 bridgehead atoms. The Labute approximate surface area is 138 Å². The van der Waals surface area contributed by atoms with Crippen LogP contribution in [0.25, 0.3) is 0 Å². The summed E-state index contributed by atoms with van der Waals surface area (Å²) in [6, 6.07) is 8.61. The Morgan fingerprint density at radius 1 is 1.33 bits per heavy atom. The lowest BCUT2D eigenvalue weighted by atomic mass is 9.76. The van der Waals surface area contributed by atoms with Gasteiger partial charge in [-0.2, -0.15) is 5.10 Å². The van der Waals surface area contributed by atoms with Gasteiger partial charge in [-0.3, -0.25) is 5.10 Å². The van der Waals surface area contributed by atoms with E-state index in [4.69, 9.17) is 12.2 Å². The quantitative estimate of drug-likeness (QED) is 0.780. The summed E-state index contributed by atoms with van der Waals surface area (Å²) in [6.07, 6.45) is 6.56. The van der Waals surface area contributed by atoms with Crippen LogP contribution < -0.4 is 0 Å². The molecule has 0 spiro atoms. The third kappa shape index (κ3) is 3.14. The number of nitrogens with one attached hydrogen (secondary N) is 1. The maximum Gasteiger partial charge on any atom is 0.194 e. The first-order valence-electron chi connectivity index (χ1n) is 7.53. The van der Waals surface area contributed by atoms with E-state index < -0.39 is 0 Å². The highest BCUT2D eigenvalue weighted by Crippen LogP contribution is 2.40. The van der Waals surface area contributed by atoms with Crippen LogP contribution in [0.15, 0.2) is 28.7 Å². The fourth-order valence-electron chi connectivity index (χ4n) is 3.44. The van der Waals surface area contributed by atoms with Crippen LogP contribution >= 0.6 is 28.1 Å². The van der Waals surface area contributed by atoms with E-state index in [1.54, 1.807) is 0 Å². The number of hydrogen-bond donors (Lipinski definition) is 1. The van der Waals surface area contributed by atoms with Gasteiger partial charge in [0, 0.05) is 17.4 Å². The van der Waals surface area contributed by atoms with Crippen molar-refractivity contribution in [2.45, 2.75) is 38.0 Å². The normalized spacial score (nSPS) is 17.8. The second-order valence-corrected chi connectivity index (χ2v) is 7.18. The van der Waals surface area contributed by atoms with Gasteiger partial charge in [-0.15, -0.1) is 0 Å². The molecule has 3 rings (SSSR count). The summed E-state index contributed by atoms with van der Waals surface area (Å²) in [4.78, 5) is 0. The molecule has 1 fully saturated rings. The van der Waals surface area contributed by atoms with Gasteiger partial charge in [-0.05, 0) is 48.7 Å². The van der Waals surface area contributed by atoms with Crippen molar-refractivity contribution >= 4 is 28.1 Å². The van der Waals surface area contributed by atoms with E-state index in [1.165, 1.54) is 37.7 Å². The number of hydrogen-bond acceptors (Lipinski definition) is 2. The minimum Gasteiger partial charge on any atom is -0.307 e. The highest BCUT2D eigenvalue weighted by Gasteiger charge is 2.30. The van der Waals surface area contributed by atoms with E-state index in [9.17, 15) is 0 Å². The zero-order valence-corrected chi connectivity index (χ0v) is 14.6. The molecule has 1 aromatic carbocycles. The van der Waals surface area contributed by atoms with E-state index in [0.29, 0.717) is 16.6 Å². The molecule has 1 unspecified atom stereocenters. The number of halogens is 1. The largest absolute Gasteiger partial charge is 0.307 e. The highest BCUT2D eigenvalue weighted by molar-refractivity contribution is 9.10. The van der Waals surface area contributed by atoms with E-state index in [0.717, 1.165) is 10.3 Å². The number of nitrogens with zero attached hydrogens (tertiary/aromatic N) is 2. The zero-order chi connectivity index (χ0) is 14.8. The predicted molar refractivity (Wildman–Crippen MR) is 91.0 cm³/mol. The van der Waals surface area contributed by atoms with Crippen molar-refractivity contribution < 1.29 is 0 Å². The average Bonchev–Trinajstić information content (AvgIpc) is 2.81. The maximum atomic E-state index is 5.31. The molecule has 0 radical (unpaired) electrons. The molecule has 3 nitrogen and oxygen atoms in total. The molecule has 1 atom stereocenters. The van der Waals surface area contributed by atoms with Crippen LogP contribution in [-0.2, 0) is 7.05 Å². The fourth-order valence-corrected chi connectivity index (χ4v) is 3.99. The summed E-state index contributed by atoms with van der Waals surface area (Å²) in [5.74, 6) is 2.03. The molecule has 0 aliphatic heterocycles. The molecule has 1 saturated carbocycles. The van der Waals surface area contributed by atoms with Crippen molar-refractivity contribution in [3.05, 3.63) is 44.9 Å². The lowest BCUT2D eigenvalue weighted by molar-refractivity contribution is 0.317. The van der Waals surface area contributed by atoms with Crippen molar-refractivity contribution in [1.82, 2.24) is 14.8 Å². The lowest BCUT2D eigenvalue weighted by Crippen LogP contribution is -2.20. The number of aromatic nitrogens is 3. The van der Waals surface area contributed by atoms with Gasteiger partial charge in [0.2, 0.25) is 0 Å². The maximum absolute atomic E-state index is 5.31. The van der Waals surface area contributed by atoms with Crippen LogP contribution in [0.1, 0.15) is 49.4 Å². The van der Waals surface area contributed by atoms with Crippen LogP contribution in [0.5, 0.6) is 0 Å². The monoisotopic (exact) mass is 365 g/mol. The molecule has 5 heteroatoms. The van der Waals surface area contributed by atoms with Crippen molar-refractivity contribution in [3.8, 4) is 0 Å². The van der Waals surface area contributed by atoms with E-state index in [-0.39, 0.29) is 0 Å². The van der Waals surface area contributed by atoms with Gasteiger partial charge in [-0.1, -0.05) is 47.3 Å². The van der Waals surface area contributed by atoms with Gasteiger partial charge in [0.15, 0.2) is 4.77 Å². The predicted octanol–water partition coefficient (Wildman–Crippen LogP) is 4.95. The standard InChI is InChI=1S/C16H20BrN3S/c1-20-15(18-19-16(20)21)14(11-6-3-2-4-7-11)12-8-5-9-13(17)10-12/h5,8-11,14H,2-4,6-7H2,1H3,(H,19,21). The zero-order valence-electron chi connectivity index (χ0n) is 12.2. The van der Waals surface area contributed by atoms with E-state index in [2.05, 4.69) is 50.4 Å². The number of benzene rings is 1. The Kier molecular flexibility index (Phi) is 4.60. The number of rotatable bonds is 3. The Bertz CT molecular complexity index is 670. The number of H-pyrrole nitrogens is 1. The van der Waals surface area contributed by atoms with Gasteiger partial charge in [0.05, 0.1) is 0 Å². The third-order valence-corrected chi connectivity index (χ3v) is 5.38. The van der Waals surface area contributed by atoms with Crippen molar-refractivity contribution in [3.63, 3.8) is 0 Å². The minimum absolute atomic E-state index is 0.320. The highest BCUT2D eigenvalue weighted by atomic mass is 79.9. The van der Waals surface area contributed by atoms with Gasteiger partial charge in [-0.25, -0.2) is 0 Å². The number of aromatic amines is 1. The van der Waals surface area contributed by atoms with Crippen molar-refractivity contribution in [2.75, 3.05) is 0 Å². The molecule has 2 aromatic rings. The van der Waals surface area contributed by atoms with Crippen LogP contribution in [0, 0.1) is 10.7 Å². The van der Waals surface area contributed by atoms with Crippen LogP contribution in [-0.4, -0.2) is 14.8 Å². The topological polar surface area (TPSA) is 33.6 Å². The fraction of sp³-hybridized carbons (Fsp3) is 0.500. The molecule has 1 heterocycles. The smallest absolute Gasteiger partial charge is 0.194 e. The summed E-state index contributed by atoms with van der Waals surface area (Å²) in [7, 11) is 2.01. The molecule has 1 N–H and O–H groups in total. The van der Waals surface area contributed by atoms with Gasteiger partial charge in [0.25, 0.3) is 0 Å². The molecule has 112 valence electrons. The van der Waals surface area contributed by atoms with Crippen LogP contribution in [0.3, 0.4) is 0 Å². The Balaban J connectivity index is 2.06. The first-order valence-corrected chi connectivity index (χ1v) is 8.73. The molecule has 1 aliphatic rings. The minimum atomic E-state index is 0.320. The van der Waals surface area contributed by atoms with Gasteiger partial charge >= 0.3 is 0 Å². The van der Waals surface area contributed by atoms with E-state index in [1.807, 2.05) is 11.6 Å². The molecular formula is C16H20BrN3S. The molecule has 0 saturated heterocycles. The Hall–Kier alpha value is -0.940. The van der Waals surface area contributed by atoms with E-state index >= 15 is 0 Å². The van der Waals surface area contributed by atoms with Crippen molar-refractivity contribution in [2.24, 2.45) is 13.0 Å². The average molecular weight is 366 g/mol. The SMILES string of the molecule is Cn1c(C(c2cccc(Br)c2)C2CCCCC2)n[nH]c1=S. The summed E-state index contributed by atoms with van der Waals surface area (Å²) in [5.41, 5.74) is 1.33. The first kappa shape index (κ1) is 15.0. The van der Waals surface area contributed by atoms with Crippen molar-refractivity contribution in [1.29, 1.82) is 0 Å².